The van der Waals surface area contributed by atoms with E-state index < -0.39 is 0 Å². The first kappa shape index (κ1) is 15.3. The van der Waals surface area contributed by atoms with Crippen LogP contribution in [0.15, 0.2) is 30.3 Å². The number of hydrogen-bond acceptors (Lipinski definition) is 3. The van der Waals surface area contributed by atoms with Gasteiger partial charge >= 0.3 is 0 Å². The van der Waals surface area contributed by atoms with Crippen LogP contribution in [0.4, 0.5) is 0 Å². The summed E-state index contributed by atoms with van der Waals surface area (Å²) < 4.78 is 5.98. The van der Waals surface area contributed by atoms with Gasteiger partial charge in [0.05, 0.1) is 0 Å². The number of benzene rings is 1. The maximum absolute atomic E-state index is 12.3. The first-order chi connectivity index (χ1) is 10.8. The third kappa shape index (κ3) is 4.23. The average Bonchev–Trinajstić information content (AvgIpc) is 3.08. The highest BCUT2D eigenvalue weighted by molar-refractivity contribution is 5.76. The molecule has 2 fully saturated rings. The predicted octanol–water partition coefficient (Wildman–Crippen LogP) is 2.59. The molecule has 1 aromatic carbocycles. The van der Waals surface area contributed by atoms with Gasteiger partial charge in [-0.05, 0) is 37.9 Å². The zero-order valence-corrected chi connectivity index (χ0v) is 13.2. The van der Waals surface area contributed by atoms with Gasteiger partial charge in [0.15, 0.2) is 0 Å². The van der Waals surface area contributed by atoms with Crippen molar-refractivity contribution in [3.8, 4) is 5.75 Å². The molecule has 1 N–H and O–H groups in total. The van der Waals surface area contributed by atoms with Gasteiger partial charge in [-0.3, -0.25) is 4.79 Å². The van der Waals surface area contributed by atoms with Crippen LogP contribution in [0.1, 0.15) is 38.5 Å². The molecule has 0 bridgehead atoms. The quantitative estimate of drug-likeness (QED) is 0.909. The van der Waals surface area contributed by atoms with Crippen molar-refractivity contribution >= 4 is 5.91 Å². The number of para-hydroxylation sites is 1. The van der Waals surface area contributed by atoms with E-state index in [1.165, 1.54) is 12.8 Å². The van der Waals surface area contributed by atoms with Crippen molar-refractivity contribution in [2.24, 2.45) is 0 Å². The largest absolute Gasteiger partial charge is 0.490 e. The molecule has 0 saturated carbocycles. The van der Waals surface area contributed by atoms with E-state index in [2.05, 4.69) is 5.32 Å². The summed E-state index contributed by atoms with van der Waals surface area (Å²) in [5, 5.41) is 3.46. The number of carbonyl (C=O) groups excluding carboxylic acids is 1. The van der Waals surface area contributed by atoms with Crippen LogP contribution in [0, 0.1) is 0 Å². The van der Waals surface area contributed by atoms with Crippen LogP contribution in [0.5, 0.6) is 5.75 Å². The molecule has 2 saturated heterocycles. The molecule has 1 amide bonds. The van der Waals surface area contributed by atoms with Crippen molar-refractivity contribution in [3.63, 3.8) is 0 Å². The molecular formula is C18H26N2O2. The zero-order chi connectivity index (χ0) is 15.2. The Hall–Kier alpha value is -1.55. The summed E-state index contributed by atoms with van der Waals surface area (Å²) in [4.78, 5) is 14.3. The van der Waals surface area contributed by atoms with Crippen molar-refractivity contribution in [2.45, 2.75) is 50.7 Å². The molecule has 0 radical (unpaired) electrons. The second-order valence-electron chi connectivity index (χ2n) is 6.34. The van der Waals surface area contributed by atoms with Crippen LogP contribution in [0.25, 0.3) is 0 Å². The number of ether oxygens (including phenoxy) is 1. The van der Waals surface area contributed by atoms with E-state index in [4.69, 9.17) is 4.74 Å². The Kier molecular flexibility index (Phi) is 5.33. The lowest BCUT2D eigenvalue weighted by atomic mass is 10.1. The molecule has 1 unspecified atom stereocenters. The summed E-state index contributed by atoms with van der Waals surface area (Å²) in [6, 6.07) is 10.5. The highest BCUT2D eigenvalue weighted by atomic mass is 16.5. The Morgan fingerprint density at radius 2 is 1.95 bits per heavy atom. The van der Waals surface area contributed by atoms with E-state index in [9.17, 15) is 4.79 Å². The van der Waals surface area contributed by atoms with E-state index in [1.807, 2.05) is 35.2 Å². The first-order valence-electron chi connectivity index (χ1n) is 8.54. The van der Waals surface area contributed by atoms with Gasteiger partial charge in [-0.15, -0.1) is 0 Å². The molecule has 2 aliphatic heterocycles. The van der Waals surface area contributed by atoms with E-state index in [0.717, 1.165) is 44.6 Å². The number of nitrogens with zero attached hydrogens (tertiary/aromatic N) is 1. The number of rotatable bonds is 5. The predicted molar refractivity (Wildman–Crippen MR) is 86.9 cm³/mol. The topological polar surface area (TPSA) is 41.6 Å². The van der Waals surface area contributed by atoms with Crippen molar-refractivity contribution in [3.05, 3.63) is 30.3 Å². The molecule has 2 aliphatic rings. The Morgan fingerprint density at radius 1 is 1.18 bits per heavy atom. The van der Waals surface area contributed by atoms with Crippen LogP contribution in [-0.2, 0) is 4.79 Å². The van der Waals surface area contributed by atoms with E-state index >= 15 is 0 Å². The normalized spacial score (nSPS) is 22.7. The Morgan fingerprint density at radius 3 is 2.64 bits per heavy atom. The minimum atomic E-state index is 0.239. The van der Waals surface area contributed by atoms with Crippen LogP contribution in [0.3, 0.4) is 0 Å². The van der Waals surface area contributed by atoms with E-state index in [-0.39, 0.29) is 6.10 Å². The third-order valence-electron chi connectivity index (χ3n) is 4.71. The lowest BCUT2D eigenvalue weighted by Crippen LogP contribution is -2.42. The molecule has 3 rings (SSSR count). The van der Waals surface area contributed by atoms with Crippen LogP contribution < -0.4 is 10.1 Å². The number of amides is 1. The molecule has 0 aliphatic carbocycles. The van der Waals surface area contributed by atoms with Gasteiger partial charge < -0.3 is 15.0 Å². The minimum absolute atomic E-state index is 0.239. The van der Waals surface area contributed by atoms with Crippen molar-refractivity contribution in [2.75, 3.05) is 19.6 Å². The highest BCUT2D eigenvalue weighted by Gasteiger charge is 2.24. The molecule has 2 heterocycles. The Bertz CT molecular complexity index is 463. The van der Waals surface area contributed by atoms with Crippen molar-refractivity contribution in [1.82, 2.24) is 10.2 Å². The van der Waals surface area contributed by atoms with Gasteiger partial charge in [0.2, 0.25) is 5.91 Å². The standard InChI is InChI=1S/C18H26N2O2/c21-18(9-8-15-5-4-12-19-15)20-13-10-17(11-14-20)22-16-6-2-1-3-7-16/h1-3,6-7,15,17,19H,4-5,8-14H2. The lowest BCUT2D eigenvalue weighted by molar-refractivity contribution is -0.133. The number of likely N-dealkylation sites (tertiary alicyclic amines) is 1. The third-order valence-corrected chi connectivity index (χ3v) is 4.71. The number of carbonyl (C=O) groups is 1. The van der Waals surface area contributed by atoms with Crippen LogP contribution in [-0.4, -0.2) is 42.6 Å². The van der Waals surface area contributed by atoms with E-state index in [1.54, 1.807) is 0 Å². The van der Waals surface area contributed by atoms with Crippen molar-refractivity contribution < 1.29 is 9.53 Å². The van der Waals surface area contributed by atoms with E-state index in [0.29, 0.717) is 18.4 Å². The maximum Gasteiger partial charge on any atom is 0.222 e. The summed E-state index contributed by atoms with van der Waals surface area (Å²) >= 11 is 0. The lowest BCUT2D eigenvalue weighted by Gasteiger charge is -2.32. The fourth-order valence-electron chi connectivity index (χ4n) is 3.37. The Balaban J connectivity index is 1.38. The summed E-state index contributed by atoms with van der Waals surface area (Å²) in [5.74, 6) is 1.24. The van der Waals surface area contributed by atoms with Gasteiger partial charge in [0, 0.05) is 38.4 Å². The molecular weight excluding hydrogens is 276 g/mol. The number of piperidine rings is 1. The summed E-state index contributed by atoms with van der Waals surface area (Å²) in [6.45, 7) is 2.77. The molecule has 1 aromatic rings. The number of nitrogens with one attached hydrogen (secondary N) is 1. The maximum atomic E-state index is 12.3. The first-order valence-corrected chi connectivity index (χ1v) is 8.54. The molecule has 0 spiro atoms. The smallest absolute Gasteiger partial charge is 0.222 e. The summed E-state index contributed by atoms with van der Waals surface area (Å²) in [6.07, 6.45) is 6.25. The molecule has 120 valence electrons. The average molecular weight is 302 g/mol. The van der Waals surface area contributed by atoms with Gasteiger partial charge in [-0.25, -0.2) is 0 Å². The molecule has 1 atom stereocenters. The molecule has 4 nitrogen and oxygen atoms in total. The van der Waals surface area contributed by atoms with Crippen LogP contribution >= 0.6 is 0 Å². The number of hydrogen-bond donors (Lipinski definition) is 1. The zero-order valence-electron chi connectivity index (χ0n) is 13.2. The molecule has 22 heavy (non-hydrogen) atoms. The van der Waals surface area contributed by atoms with Gasteiger partial charge in [0.25, 0.3) is 0 Å². The summed E-state index contributed by atoms with van der Waals surface area (Å²) in [7, 11) is 0. The second kappa shape index (κ2) is 7.63. The van der Waals surface area contributed by atoms with Gasteiger partial charge in [-0.1, -0.05) is 18.2 Å². The Labute approximate surface area is 132 Å². The molecule has 0 aromatic heterocycles. The SMILES string of the molecule is O=C(CCC1CCCN1)N1CCC(Oc2ccccc2)CC1. The second-order valence-corrected chi connectivity index (χ2v) is 6.34. The van der Waals surface area contributed by atoms with Gasteiger partial charge in [0.1, 0.15) is 11.9 Å². The fourth-order valence-corrected chi connectivity index (χ4v) is 3.37. The molecule has 4 heteroatoms. The fraction of sp³-hybridized carbons (Fsp3) is 0.611. The van der Waals surface area contributed by atoms with Crippen LogP contribution in [0.2, 0.25) is 0 Å². The van der Waals surface area contributed by atoms with Gasteiger partial charge in [-0.2, -0.15) is 0 Å². The highest BCUT2D eigenvalue weighted by Crippen LogP contribution is 2.20. The monoisotopic (exact) mass is 302 g/mol. The van der Waals surface area contributed by atoms with Crippen molar-refractivity contribution in [1.29, 1.82) is 0 Å². The summed E-state index contributed by atoms with van der Waals surface area (Å²) in [5.41, 5.74) is 0. The minimum Gasteiger partial charge on any atom is -0.490 e.